The number of likely N-dealkylation sites (tertiary alicyclic amines) is 1. The summed E-state index contributed by atoms with van der Waals surface area (Å²) in [6, 6.07) is 3.76. The number of hydrogen-bond donors (Lipinski definition) is 1. The largest absolute Gasteiger partial charge is 0.478 e. The lowest BCUT2D eigenvalue weighted by molar-refractivity contribution is 0.0697. The Morgan fingerprint density at radius 1 is 1.63 bits per heavy atom. The lowest BCUT2D eigenvalue weighted by Crippen LogP contribution is -2.39. The van der Waals surface area contributed by atoms with Crippen LogP contribution in [0.25, 0.3) is 0 Å². The maximum atomic E-state index is 11.2. The third kappa shape index (κ3) is 3.04. The van der Waals surface area contributed by atoms with Crippen LogP contribution in [0, 0.1) is 0 Å². The Balaban J connectivity index is 2.11. The Bertz CT molecular complexity index is 450. The summed E-state index contributed by atoms with van der Waals surface area (Å²) >= 11 is 0. The van der Waals surface area contributed by atoms with Crippen LogP contribution in [0.5, 0.6) is 0 Å². The molecule has 1 aromatic heterocycles. The molecule has 0 aromatic carbocycles. The van der Waals surface area contributed by atoms with Gasteiger partial charge < -0.3 is 10.0 Å². The summed E-state index contributed by atoms with van der Waals surface area (Å²) < 4.78 is 0. The number of rotatable bonds is 5. The molecule has 19 heavy (non-hydrogen) atoms. The van der Waals surface area contributed by atoms with Gasteiger partial charge in [0.15, 0.2) is 0 Å². The van der Waals surface area contributed by atoms with Crippen molar-refractivity contribution in [2.24, 2.45) is 0 Å². The highest BCUT2D eigenvalue weighted by atomic mass is 16.4. The first kappa shape index (κ1) is 13.8. The Morgan fingerprint density at radius 3 is 3.11 bits per heavy atom. The number of carboxylic acids is 1. The monoisotopic (exact) mass is 263 g/mol. The van der Waals surface area contributed by atoms with E-state index in [9.17, 15) is 9.90 Å². The van der Waals surface area contributed by atoms with E-state index in [0.717, 1.165) is 19.6 Å². The van der Waals surface area contributed by atoms with E-state index in [1.165, 1.54) is 12.8 Å². The van der Waals surface area contributed by atoms with E-state index >= 15 is 0 Å². The predicted octanol–water partition coefficient (Wildman–Crippen LogP) is 1.70. The summed E-state index contributed by atoms with van der Waals surface area (Å²) in [6.45, 7) is 5.18. The van der Waals surface area contributed by atoms with Gasteiger partial charge >= 0.3 is 5.97 Å². The first-order valence-electron chi connectivity index (χ1n) is 6.77. The smallest absolute Gasteiger partial charge is 0.339 e. The lowest BCUT2D eigenvalue weighted by Gasteiger charge is -2.28. The summed E-state index contributed by atoms with van der Waals surface area (Å²) in [5, 5.41) is 9.20. The molecule has 1 aliphatic heterocycles. The zero-order valence-electron chi connectivity index (χ0n) is 11.5. The van der Waals surface area contributed by atoms with Gasteiger partial charge in [0.1, 0.15) is 11.4 Å². The van der Waals surface area contributed by atoms with Gasteiger partial charge in [0.2, 0.25) is 0 Å². The van der Waals surface area contributed by atoms with Gasteiger partial charge in [-0.15, -0.1) is 0 Å². The Morgan fingerprint density at radius 2 is 2.42 bits per heavy atom. The van der Waals surface area contributed by atoms with Gasteiger partial charge in [-0.05, 0) is 38.1 Å². The third-order valence-corrected chi connectivity index (χ3v) is 3.77. The molecule has 0 radical (unpaired) electrons. The molecule has 1 saturated heterocycles. The highest BCUT2D eigenvalue weighted by Gasteiger charge is 2.25. The maximum absolute atomic E-state index is 11.2. The van der Waals surface area contributed by atoms with Crippen molar-refractivity contribution < 1.29 is 9.90 Å². The van der Waals surface area contributed by atoms with Gasteiger partial charge in [0.25, 0.3) is 0 Å². The first-order chi connectivity index (χ1) is 9.13. The minimum absolute atomic E-state index is 0.269. The van der Waals surface area contributed by atoms with Crippen molar-refractivity contribution in [3.8, 4) is 0 Å². The van der Waals surface area contributed by atoms with Gasteiger partial charge in [-0.2, -0.15) is 0 Å². The number of nitrogens with zero attached hydrogens (tertiary/aromatic N) is 3. The number of pyridine rings is 1. The normalized spacial score (nSPS) is 19.6. The average Bonchev–Trinajstić information content (AvgIpc) is 2.85. The molecule has 2 rings (SSSR count). The fraction of sp³-hybridized carbons (Fsp3) is 0.571. The third-order valence-electron chi connectivity index (χ3n) is 3.77. The fourth-order valence-electron chi connectivity index (χ4n) is 2.79. The van der Waals surface area contributed by atoms with Crippen molar-refractivity contribution >= 4 is 11.8 Å². The molecule has 0 saturated carbocycles. The van der Waals surface area contributed by atoms with Crippen molar-refractivity contribution in [3.05, 3.63) is 23.9 Å². The van der Waals surface area contributed by atoms with Crippen molar-refractivity contribution in [1.82, 2.24) is 9.88 Å². The molecule has 0 bridgehead atoms. The van der Waals surface area contributed by atoms with E-state index in [1.54, 1.807) is 18.3 Å². The molecular formula is C14H21N3O2. The van der Waals surface area contributed by atoms with Crippen LogP contribution in [-0.4, -0.2) is 53.7 Å². The zero-order chi connectivity index (χ0) is 13.8. The zero-order valence-corrected chi connectivity index (χ0v) is 11.5. The number of carboxylic acid groups (broad SMARTS) is 1. The van der Waals surface area contributed by atoms with Gasteiger partial charge in [-0.25, -0.2) is 9.78 Å². The van der Waals surface area contributed by atoms with E-state index in [2.05, 4.69) is 16.8 Å². The molecular weight excluding hydrogens is 242 g/mol. The summed E-state index contributed by atoms with van der Waals surface area (Å²) in [6.07, 6.45) is 4.04. The summed E-state index contributed by atoms with van der Waals surface area (Å²) in [5.74, 6) is -0.369. The molecule has 1 fully saturated rings. The molecule has 5 nitrogen and oxygen atoms in total. The van der Waals surface area contributed by atoms with E-state index in [0.29, 0.717) is 11.9 Å². The summed E-state index contributed by atoms with van der Waals surface area (Å²) in [5.41, 5.74) is 0.269. The fourth-order valence-corrected chi connectivity index (χ4v) is 2.79. The first-order valence-corrected chi connectivity index (χ1v) is 6.77. The van der Waals surface area contributed by atoms with E-state index in [1.807, 2.05) is 11.9 Å². The molecule has 1 atom stereocenters. The summed E-state index contributed by atoms with van der Waals surface area (Å²) in [4.78, 5) is 19.8. The van der Waals surface area contributed by atoms with Crippen LogP contribution in [0.1, 0.15) is 30.1 Å². The van der Waals surface area contributed by atoms with Crippen LogP contribution < -0.4 is 4.90 Å². The van der Waals surface area contributed by atoms with Crippen LogP contribution in [0.15, 0.2) is 18.3 Å². The number of hydrogen-bond acceptors (Lipinski definition) is 4. The predicted molar refractivity (Wildman–Crippen MR) is 74.7 cm³/mol. The summed E-state index contributed by atoms with van der Waals surface area (Å²) in [7, 11) is 1.92. The quantitative estimate of drug-likeness (QED) is 0.876. The maximum Gasteiger partial charge on any atom is 0.339 e. The van der Waals surface area contributed by atoms with Gasteiger partial charge in [-0.3, -0.25) is 4.90 Å². The van der Waals surface area contributed by atoms with Crippen LogP contribution in [-0.2, 0) is 0 Å². The van der Waals surface area contributed by atoms with E-state index in [-0.39, 0.29) is 5.56 Å². The Kier molecular flexibility index (Phi) is 4.37. The number of aromatic nitrogens is 1. The van der Waals surface area contributed by atoms with Crippen molar-refractivity contribution in [2.75, 3.05) is 31.6 Å². The van der Waals surface area contributed by atoms with Gasteiger partial charge in [-0.1, -0.05) is 6.92 Å². The Labute approximate surface area is 113 Å². The minimum Gasteiger partial charge on any atom is -0.478 e. The number of likely N-dealkylation sites (N-methyl/N-ethyl adjacent to an activating group) is 2. The highest BCUT2D eigenvalue weighted by Crippen LogP contribution is 2.21. The highest BCUT2D eigenvalue weighted by molar-refractivity contribution is 5.93. The van der Waals surface area contributed by atoms with Gasteiger partial charge in [0, 0.05) is 25.8 Å². The van der Waals surface area contributed by atoms with E-state index in [4.69, 9.17) is 0 Å². The minimum atomic E-state index is -0.922. The molecule has 0 amide bonds. The van der Waals surface area contributed by atoms with Crippen LogP contribution in [0.2, 0.25) is 0 Å². The second-order valence-electron chi connectivity index (χ2n) is 4.98. The Hall–Kier alpha value is -1.62. The second-order valence-corrected chi connectivity index (χ2v) is 4.98. The topological polar surface area (TPSA) is 56.7 Å². The van der Waals surface area contributed by atoms with Gasteiger partial charge in [0.05, 0.1) is 0 Å². The van der Waals surface area contributed by atoms with E-state index < -0.39 is 5.97 Å². The molecule has 1 aromatic rings. The van der Waals surface area contributed by atoms with Crippen LogP contribution >= 0.6 is 0 Å². The number of aromatic carboxylic acids is 1. The second kappa shape index (κ2) is 6.02. The molecule has 1 unspecified atom stereocenters. The average molecular weight is 263 g/mol. The van der Waals surface area contributed by atoms with Crippen molar-refractivity contribution in [1.29, 1.82) is 0 Å². The standard InChI is InChI=1S/C14H21N3O2/c1-3-17-9-5-6-11(17)10-16(2)13-12(14(18)19)7-4-8-15-13/h4,7-8,11H,3,5-6,9-10H2,1-2H3,(H,18,19). The molecule has 1 N–H and O–H groups in total. The van der Waals surface area contributed by atoms with Crippen LogP contribution in [0.3, 0.4) is 0 Å². The molecule has 104 valence electrons. The molecule has 5 heteroatoms. The lowest BCUT2D eigenvalue weighted by atomic mass is 10.2. The van der Waals surface area contributed by atoms with Crippen molar-refractivity contribution in [3.63, 3.8) is 0 Å². The molecule has 0 spiro atoms. The number of anilines is 1. The SMILES string of the molecule is CCN1CCCC1CN(C)c1ncccc1C(=O)O. The van der Waals surface area contributed by atoms with Crippen LogP contribution in [0.4, 0.5) is 5.82 Å². The molecule has 0 aliphatic carbocycles. The molecule has 1 aliphatic rings. The van der Waals surface area contributed by atoms with Crippen molar-refractivity contribution in [2.45, 2.75) is 25.8 Å². The molecule has 2 heterocycles. The number of carbonyl (C=O) groups is 1.